The lowest BCUT2D eigenvalue weighted by atomic mass is 9.84. The summed E-state index contributed by atoms with van der Waals surface area (Å²) in [5, 5.41) is 14.6. The maximum atomic E-state index is 12.9. The van der Waals surface area contributed by atoms with Gasteiger partial charge < -0.3 is 10.4 Å². The number of benzene rings is 2. The van der Waals surface area contributed by atoms with E-state index in [1.807, 2.05) is 44.2 Å². The minimum atomic E-state index is -0.602. The monoisotopic (exact) mass is 417 g/mol. The molecule has 0 saturated carbocycles. The summed E-state index contributed by atoms with van der Waals surface area (Å²) in [4.78, 5) is 19.7. The first kappa shape index (κ1) is 21.5. The molecule has 1 aliphatic heterocycles. The number of hydrogen-bond acceptors (Lipinski definition) is 4. The fourth-order valence-electron chi connectivity index (χ4n) is 4.39. The summed E-state index contributed by atoms with van der Waals surface area (Å²) >= 11 is 0. The van der Waals surface area contributed by atoms with Crippen molar-refractivity contribution in [3.8, 4) is 0 Å². The van der Waals surface area contributed by atoms with E-state index in [9.17, 15) is 9.90 Å². The van der Waals surface area contributed by atoms with E-state index >= 15 is 0 Å². The zero-order valence-corrected chi connectivity index (χ0v) is 18.3. The van der Waals surface area contributed by atoms with Crippen LogP contribution in [0.2, 0.25) is 0 Å². The molecule has 1 aliphatic rings. The molecule has 162 valence electrons. The van der Waals surface area contributed by atoms with Crippen LogP contribution in [-0.4, -0.2) is 46.6 Å². The van der Waals surface area contributed by atoms with Crippen molar-refractivity contribution in [1.29, 1.82) is 0 Å². The number of para-hydroxylation sites is 1. The standard InChI is InChI=1S/C26H31N3O2/c1-26(2,15-21-10-5-9-20-11-6-13-27-24(20)21)25(31)28-16-23(30)18-29-14-12-19-7-3-4-8-22(19)17-29/h3-11,13,23,30H,12,14-18H2,1-2H3,(H,28,31). The number of aliphatic hydroxyl groups is 1. The molecule has 5 nitrogen and oxygen atoms in total. The van der Waals surface area contributed by atoms with E-state index in [4.69, 9.17) is 0 Å². The average molecular weight is 418 g/mol. The minimum absolute atomic E-state index is 0.0523. The Kier molecular flexibility index (Phi) is 6.35. The van der Waals surface area contributed by atoms with E-state index in [0.717, 1.165) is 36.0 Å². The second-order valence-corrected chi connectivity index (χ2v) is 9.17. The van der Waals surface area contributed by atoms with Crippen LogP contribution in [0.5, 0.6) is 0 Å². The largest absolute Gasteiger partial charge is 0.390 e. The molecular formula is C26H31N3O2. The fourth-order valence-corrected chi connectivity index (χ4v) is 4.39. The fraction of sp³-hybridized carbons (Fsp3) is 0.385. The Hall–Kier alpha value is -2.76. The maximum Gasteiger partial charge on any atom is 0.226 e. The Balaban J connectivity index is 1.31. The second kappa shape index (κ2) is 9.16. The molecule has 3 aromatic rings. The second-order valence-electron chi connectivity index (χ2n) is 9.17. The first-order chi connectivity index (χ1) is 14.9. The van der Waals surface area contributed by atoms with E-state index < -0.39 is 11.5 Å². The number of amides is 1. The van der Waals surface area contributed by atoms with Gasteiger partial charge in [0.1, 0.15) is 0 Å². The number of β-amino-alcohol motifs (C(OH)–C–C–N with tert-alkyl or cyclic N) is 1. The number of carbonyl (C=O) groups is 1. The van der Waals surface area contributed by atoms with Crippen LogP contribution in [0.15, 0.2) is 60.8 Å². The molecule has 2 aromatic carbocycles. The van der Waals surface area contributed by atoms with Gasteiger partial charge in [0, 0.05) is 43.2 Å². The number of carbonyl (C=O) groups excluding carboxylic acids is 1. The molecule has 1 amide bonds. The van der Waals surface area contributed by atoms with Gasteiger partial charge in [-0.25, -0.2) is 0 Å². The highest BCUT2D eigenvalue weighted by Gasteiger charge is 2.29. The van der Waals surface area contributed by atoms with Crippen LogP contribution in [0.4, 0.5) is 0 Å². The van der Waals surface area contributed by atoms with Gasteiger partial charge >= 0.3 is 0 Å². The molecule has 0 bridgehead atoms. The number of nitrogens with zero attached hydrogens (tertiary/aromatic N) is 2. The van der Waals surface area contributed by atoms with Crippen LogP contribution in [0.3, 0.4) is 0 Å². The number of pyridine rings is 1. The predicted molar refractivity (Wildman–Crippen MR) is 124 cm³/mol. The molecule has 2 N–H and O–H groups in total. The molecule has 31 heavy (non-hydrogen) atoms. The summed E-state index contributed by atoms with van der Waals surface area (Å²) in [5.41, 5.74) is 4.12. The Morgan fingerprint density at radius 1 is 1.13 bits per heavy atom. The number of aliphatic hydroxyl groups excluding tert-OH is 1. The van der Waals surface area contributed by atoms with Gasteiger partial charge in [0.15, 0.2) is 0 Å². The summed E-state index contributed by atoms with van der Waals surface area (Å²) in [5.74, 6) is -0.0523. The number of fused-ring (bicyclic) bond motifs is 2. The van der Waals surface area contributed by atoms with Crippen molar-refractivity contribution >= 4 is 16.8 Å². The van der Waals surface area contributed by atoms with E-state index in [0.29, 0.717) is 13.0 Å². The minimum Gasteiger partial charge on any atom is -0.390 e. The molecule has 4 rings (SSSR count). The van der Waals surface area contributed by atoms with E-state index in [2.05, 4.69) is 39.5 Å². The van der Waals surface area contributed by atoms with Gasteiger partial charge in [-0.2, -0.15) is 0 Å². The molecule has 1 atom stereocenters. The zero-order valence-electron chi connectivity index (χ0n) is 18.3. The van der Waals surface area contributed by atoms with Gasteiger partial charge in [0.25, 0.3) is 0 Å². The Morgan fingerprint density at radius 2 is 1.90 bits per heavy atom. The first-order valence-corrected chi connectivity index (χ1v) is 11.0. The molecule has 0 saturated heterocycles. The first-order valence-electron chi connectivity index (χ1n) is 11.0. The van der Waals surface area contributed by atoms with Crippen molar-refractivity contribution in [1.82, 2.24) is 15.2 Å². The molecule has 0 fully saturated rings. The van der Waals surface area contributed by atoms with Crippen molar-refractivity contribution in [2.75, 3.05) is 19.6 Å². The van der Waals surface area contributed by atoms with Crippen molar-refractivity contribution in [3.63, 3.8) is 0 Å². The third-order valence-electron chi connectivity index (χ3n) is 6.14. The molecule has 0 radical (unpaired) electrons. The summed E-state index contributed by atoms with van der Waals surface area (Å²) in [6.45, 7) is 6.48. The zero-order chi connectivity index (χ0) is 21.8. The van der Waals surface area contributed by atoms with Crippen LogP contribution >= 0.6 is 0 Å². The lowest BCUT2D eigenvalue weighted by Crippen LogP contribution is -2.45. The van der Waals surface area contributed by atoms with Gasteiger partial charge in [0.2, 0.25) is 5.91 Å². The Bertz CT molecular complexity index is 1060. The highest BCUT2D eigenvalue weighted by atomic mass is 16.3. The predicted octanol–water partition coefficient (Wildman–Crippen LogP) is 3.34. The van der Waals surface area contributed by atoms with Crippen LogP contribution in [0.1, 0.15) is 30.5 Å². The third kappa shape index (κ3) is 5.12. The highest BCUT2D eigenvalue weighted by Crippen LogP contribution is 2.26. The van der Waals surface area contributed by atoms with Crippen LogP contribution in [0, 0.1) is 5.41 Å². The Labute approximate surface area is 184 Å². The number of aromatic nitrogens is 1. The number of rotatable bonds is 7. The van der Waals surface area contributed by atoms with Gasteiger partial charge in [-0.15, -0.1) is 0 Å². The topological polar surface area (TPSA) is 65.5 Å². The summed E-state index contributed by atoms with van der Waals surface area (Å²) in [6, 6.07) is 18.5. The lowest BCUT2D eigenvalue weighted by Gasteiger charge is -2.31. The molecule has 1 aromatic heterocycles. The van der Waals surface area contributed by atoms with Crippen molar-refractivity contribution in [2.24, 2.45) is 5.41 Å². The summed E-state index contributed by atoms with van der Waals surface area (Å²) < 4.78 is 0. The van der Waals surface area contributed by atoms with E-state index in [-0.39, 0.29) is 12.5 Å². The van der Waals surface area contributed by atoms with Crippen LogP contribution in [0.25, 0.3) is 10.9 Å². The third-order valence-corrected chi connectivity index (χ3v) is 6.14. The van der Waals surface area contributed by atoms with Crippen molar-refractivity contribution in [2.45, 2.75) is 39.3 Å². The summed E-state index contributed by atoms with van der Waals surface area (Å²) in [7, 11) is 0. The quantitative estimate of drug-likeness (QED) is 0.619. The average Bonchev–Trinajstić information content (AvgIpc) is 2.77. The molecule has 0 spiro atoms. The van der Waals surface area contributed by atoms with Crippen molar-refractivity contribution in [3.05, 3.63) is 77.5 Å². The smallest absolute Gasteiger partial charge is 0.226 e. The normalized spacial score (nSPS) is 15.5. The molecule has 0 aliphatic carbocycles. The van der Waals surface area contributed by atoms with Crippen LogP contribution in [-0.2, 0) is 24.2 Å². The van der Waals surface area contributed by atoms with Gasteiger partial charge in [-0.1, -0.05) is 62.4 Å². The van der Waals surface area contributed by atoms with Crippen molar-refractivity contribution < 1.29 is 9.90 Å². The van der Waals surface area contributed by atoms with Gasteiger partial charge in [-0.3, -0.25) is 14.7 Å². The molecule has 1 unspecified atom stereocenters. The van der Waals surface area contributed by atoms with E-state index in [1.165, 1.54) is 11.1 Å². The maximum absolute atomic E-state index is 12.9. The number of hydrogen-bond donors (Lipinski definition) is 2. The van der Waals surface area contributed by atoms with Gasteiger partial charge in [-0.05, 0) is 35.6 Å². The molecular weight excluding hydrogens is 386 g/mol. The molecule has 5 heteroatoms. The lowest BCUT2D eigenvalue weighted by molar-refractivity contribution is -0.129. The number of nitrogens with one attached hydrogen (secondary N) is 1. The Morgan fingerprint density at radius 3 is 2.74 bits per heavy atom. The summed E-state index contributed by atoms with van der Waals surface area (Å²) in [6.07, 6.45) is 2.78. The SMILES string of the molecule is CC(C)(Cc1cccc2cccnc12)C(=O)NCC(O)CN1CCc2ccccc2C1. The van der Waals surface area contributed by atoms with Gasteiger partial charge in [0.05, 0.1) is 11.6 Å². The van der Waals surface area contributed by atoms with Crippen LogP contribution < -0.4 is 5.32 Å². The highest BCUT2D eigenvalue weighted by molar-refractivity contribution is 5.85. The molecule has 2 heterocycles. The van der Waals surface area contributed by atoms with E-state index in [1.54, 1.807) is 6.20 Å².